The van der Waals surface area contributed by atoms with E-state index in [-0.39, 0.29) is 25.8 Å². The van der Waals surface area contributed by atoms with E-state index < -0.39 is 0 Å². The monoisotopic (exact) mass is 404 g/mol. The predicted molar refractivity (Wildman–Crippen MR) is 95.7 cm³/mol. The van der Waals surface area contributed by atoms with Gasteiger partial charge in [-0.2, -0.15) is 5.10 Å². The molecule has 2 nitrogen and oxygen atoms in total. The van der Waals surface area contributed by atoms with Gasteiger partial charge in [0.05, 0.1) is 11.4 Å². The van der Waals surface area contributed by atoms with E-state index in [0.717, 1.165) is 5.69 Å². The van der Waals surface area contributed by atoms with Crippen molar-refractivity contribution in [3.63, 3.8) is 0 Å². The molecule has 0 spiro atoms. The number of aromatic nitrogens is 2. The summed E-state index contributed by atoms with van der Waals surface area (Å²) in [5.41, 5.74) is 9.23. The maximum absolute atomic E-state index is 4.85. The fourth-order valence-corrected chi connectivity index (χ4v) is 3.17. The van der Waals surface area contributed by atoms with E-state index in [1.807, 2.05) is 0 Å². The summed E-state index contributed by atoms with van der Waals surface area (Å²) in [7, 11) is 0. The van der Waals surface area contributed by atoms with Crippen molar-refractivity contribution in [2.45, 2.75) is 73.8 Å². The van der Waals surface area contributed by atoms with Crippen LogP contribution in [0.1, 0.15) is 68.7 Å². The molecule has 0 radical (unpaired) electrons. The zero-order valence-corrected chi connectivity index (χ0v) is 17.5. The van der Waals surface area contributed by atoms with Gasteiger partial charge < -0.3 is 0 Å². The van der Waals surface area contributed by atoms with Crippen molar-refractivity contribution >= 4 is 0 Å². The Morgan fingerprint density at radius 3 is 1.83 bits per heavy atom. The smallest absolute Gasteiger partial charge is 0.0675 e. The summed E-state index contributed by atoms with van der Waals surface area (Å²) >= 11 is 0. The van der Waals surface area contributed by atoms with Crippen LogP contribution in [-0.2, 0) is 25.8 Å². The summed E-state index contributed by atoms with van der Waals surface area (Å²) in [5, 5.41) is 4.85. The molecule has 0 atom stereocenters. The van der Waals surface area contributed by atoms with Gasteiger partial charge >= 0.3 is 0 Å². The van der Waals surface area contributed by atoms with Crippen LogP contribution in [0.4, 0.5) is 0 Å². The first-order valence-electron chi connectivity index (χ1n) is 8.21. The van der Waals surface area contributed by atoms with Crippen LogP contribution in [0, 0.1) is 27.7 Å². The molecular weight excluding hydrogens is 375 g/mol. The second-order valence-electron chi connectivity index (χ2n) is 7.83. The average molecular weight is 405 g/mol. The largest absolute Gasteiger partial charge is 0.266 e. The molecule has 0 unspecified atom stereocenters. The standard InChI is InChI=1S/C20H30N2.Pd/c1-12(2)22-19(20(7,8)9)18(16(6)21-22)17-10-13(3)15(5)14(4)11-17;/h10-12H,1-9H3;. The number of rotatable bonds is 2. The van der Waals surface area contributed by atoms with E-state index in [4.69, 9.17) is 5.10 Å². The zero-order chi connectivity index (χ0) is 16.8. The molecule has 1 heterocycles. The Hall–Kier alpha value is -0.908. The minimum atomic E-state index is 0. The van der Waals surface area contributed by atoms with Crippen molar-refractivity contribution in [2.24, 2.45) is 0 Å². The van der Waals surface area contributed by atoms with Crippen molar-refractivity contribution in [3.8, 4) is 11.1 Å². The Morgan fingerprint density at radius 2 is 1.43 bits per heavy atom. The van der Waals surface area contributed by atoms with Crippen LogP contribution >= 0.6 is 0 Å². The Morgan fingerprint density at radius 1 is 0.957 bits per heavy atom. The fourth-order valence-electron chi connectivity index (χ4n) is 3.17. The van der Waals surface area contributed by atoms with Gasteiger partial charge in [0.1, 0.15) is 0 Å². The molecule has 0 fully saturated rings. The summed E-state index contributed by atoms with van der Waals surface area (Å²) in [6.07, 6.45) is 0. The van der Waals surface area contributed by atoms with Gasteiger partial charge in [-0.25, -0.2) is 0 Å². The number of nitrogens with zero attached hydrogens (tertiary/aromatic N) is 2. The quantitative estimate of drug-likeness (QED) is 0.590. The SMILES string of the molecule is Cc1cc(-c2c(C)nn(C(C)C)c2C(C)(C)C)cc(C)c1C.[Pd]. The van der Waals surface area contributed by atoms with Crippen LogP contribution in [0.25, 0.3) is 11.1 Å². The third kappa shape index (κ3) is 3.78. The van der Waals surface area contributed by atoms with Crippen LogP contribution in [0.3, 0.4) is 0 Å². The number of benzene rings is 1. The molecule has 23 heavy (non-hydrogen) atoms. The van der Waals surface area contributed by atoms with E-state index >= 15 is 0 Å². The van der Waals surface area contributed by atoms with Crippen LogP contribution in [0.15, 0.2) is 12.1 Å². The third-order valence-corrected chi connectivity index (χ3v) is 4.50. The molecule has 0 saturated carbocycles. The van der Waals surface area contributed by atoms with Gasteiger partial charge in [-0.15, -0.1) is 0 Å². The maximum Gasteiger partial charge on any atom is 0.0675 e. The van der Waals surface area contributed by atoms with Crippen LogP contribution in [0.2, 0.25) is 0 Å². The Bertz CT molecular complexity index is 680. The molecule has 0 bridgehead atoms. The summed E-state index contributed by atoms with van der Waals surface area (Å²) in [6.45, 7) is 20.0. The van der Waals surface area contributed by atoms with Gasteiger partial charge in [0.25, 0.3) is 0 Å². The normalized spacial score (nSPS) is 11.7. The minimum absolute atomic E-state index is 0. The summed E-state index contributed by atoms with van der Waals surface area (Å²) in [6, 6.07) is 4.99. The van der Waals surface area contributed by atoms with Gasteiger partial charge in [-0.05, 0) is 63.8 Å². The van der Waals surface area contributed by atoms with Gasteiger partial charge in [0.2, 0.25) is 0 Å². The van der Waals surface area contributed by atoms with Crippen LogP contribution in [-0.4, -0.2) is 9.78 Å². The van der Waals surface area contributed by atoms with E-state index in [0.29, 0.717) is 6.04 Å². The second-order valence-corrected chi connectivity index (χ2v) is 7.83. The summed E-state index contributed by atoms with van der Waals surface area (Å²) < 4.78 is 2.20. The summed E-state index contributed by atoms with van der Waals surface area (Å²) in [5.74, 6) is 0. The zero-order valence-electron chi connectivity index (χ0n) is 15.9. The second kappa shape index (κ2) is 6.91. The molecule has 130 valence electrons. The van der Waals surface area contributed by atoms with E-state index in [1.165, 1.54) is 33.5 Å². The number of hydrogen-bond acceptors (Lipinski definition) is 1. The Labute approximate surface area is 155 Å². The van der Waals surface area contributed by atoms with Gasteiger partial charge in [0, 0.05) is 37.4 Å². The van der Waals surface area contributed by atoms with Gasteiger partial charge in [0.15, 0.2) is 0 Å². The van der Waals surface area contributed by atoms with Gasteiger partial charge in [-0.3, -0.25) is 4.68 Å². The first kappa shape index (κ1) is 20.1. The van der Waals surface area contributed by atoms with Crippen LogP contribution in [0.5, 0.6) is 0 Å². The molecular formula is C20H30N2Pd. The Kier molecular flexibility index (Phi) is 6.05. The van der Waals surface area contributed by atoms with Crippen molar-refractivity contribution in [1.82, 2.24) is 9.78 Å². The molecule has 1 aromatic heterocycles. The topological polar surface area (TPSA) is 17.8 Å². The molecule has 0 amide bonds. The van der Waals surface area contributed by atoms with Crippen LogP contribution < -0.4 is 0 Å². The molecule has 0 aliphatic rings. The molecule has 0 aliphatic carbocycles. The molecule has 0 saturated heterocycles. The number of hydrogen-bond donors (Lipinski definition) is 0. The summed E-state index contributed by atoms with van der Waals surface area (Å²) in [4.78, 5) is 0. The Balaban J connectivity index is 0.00000264. The van der Waals surface area contributed by atoms with E-state index in [1.54, 1.807) is 0 Å². The number of aryl methyl sites for hydroxylation is 3. The van der Waals surface area contributed by atoms with E-state index in [2.05, 4.69) is 79.1 Å². The maximum atomic E-state index is 4.85. The van der Waals surface area contributed by atoms with Crippen molar-refractivity contribution < 1.29 is 20.4 Å². The molecule has 2 rings (SSSR count). The molecule has 0 aliphatic heterocycles. The van der Waals surface area contributed by atoms with Crippen molar-refractivity contribution in [2.75, 3.05) is 0 Å². The molecule has 3 heteroatoms. The third-order valence-electron chi connectivity index (χ3n) is 4.50. The van der Waals surface area contributed by atoms with Crippen molar-refractivity contribution in [1.29, 1.82) is 0 Å². The first-order chi connectivity index (χ1) is 10.0. The molecule has 1 aromatic carbocycles. The van der Waals surface area contributed by atoms with Gasteiger partial charge in [-0.1, -0.05) is 32.9 Å². The van der Waals surface area contributed by atoms with Crippen molar-refractivity contribution in [3.05, 3.63) is 40.2 Å². The molecule has 2 aromatic rings. The van der Waals surface area contributed by atoms with E-state index in [9.17, 15) is 0 Å². The molecule has 0 N–H and O–H groups in total. The first-order valence-corrected chi connectivity index (χ1v) is 8.21. The fraction of sp³-hybridized carbons (Fsp3) is 0.550. The minimum Gasteiger partial charge on any atom is -0.266 e. The predicted octanol–water partition coefficient (Wildman–Crippen LogP) is 5.66. The average Bonchev–Trinajstić information content (AvgIpc) is 2.73.